The fraction of sp³-hybridized carbons (Fsp3) is 0.222. The van der Waals surface area contributed by atoms with Gasteiger partial charge in [0.15, 0.2) is 0 Å². The Kier molecular flexibility index (Phi) is 6.20. The number of anilines is 2. The molecule has 0 atom stereocenters. The summed E-state index contributed by atoms with van der Waals surface area (Å²) in [5.74, 6) is -1.10. The van der Waals surface area contributed by atoms with Crippen molar-refractivity contribution >= 4 is 43.9 Å². The van der Waals surface area contributed by atoms with Crippen molar-refractivity contribution in [2.24, 2.45) is 0 Å². The molecule has 3 N–H and O–H groups in total. The van der Waals surface area contributed by atoms with Crippen LogP contribution in [0.1, 0.15) is 0 Å². The second kappa shape index (κ2) is 8.64. The number of aliphatic hydroxyl groups is 1. The minimum Gasteiger partial charge on any atom is -0.466 e. The molecular weight excluding hydrogens is 418 g/mol. The van der Waals surface area contributed by atoms with Crippen LogP contribution < -0.4 is 10.0 Å². The highest BCUT2D eigenvalue weighted by atomic mass is 32.2. The van der Waals surface area contributed by atoms with E-state index in [9.17, 15) is 18.0 Å². The van der Waals surface area contributed by atoms with Gasteiger partial charge in [-0.1, -0.05) is 0 Å². The van der Waals surface area contributed by atoms with Gasteiger partial charge in [0.2, 0.25) is 0 Å². The maximum atomic E-state index is 12.5. The Morgan fingerprint density at radius 3 is 2.59 bits per heavy atom. The molecule has 1 aromatic heterocycles. The van der Waals surface area contributed by atoms with E-state index < -0.39 is 21.9 Å². The van der Waals surface area contributed by atoms with Crippen LogP contribution in [0, 0.1) is 0 Å². The van der Waals surface area contributed by atoms with E-state index in [1.165, 1.54) is 47.6 Å². The van der Waals surface area contributed by atoms with Gasteiger partial charge in [-0.25, -0.2) is 13.2 Å². The molecule has 29 heavy (non-hydrogen) atoms. The fourth-order valence-electron chi connectivity index (χ4n) is 2.74. The third kappa shape index (κ3) is 4.58. The van der Waals surface area contributed by atoms with Gasteiger partial charge in [-0.2, -0.15) is 0 Å². The van der Waals surface area contributed by atoms with E-state index in [-0.39, 0.29) is 35.9 Å². The molecule has 0 spiro atoms. The minimum atomic E-state index is -3.74. The average Bonchev–Trinajstić information content (AvgIpc) is 3.31. The van der Waals surface area contributed by atoms with Gasteiger partial charge in [-0.15, -0.1) is 11.3 Å². The molecule has 1 aliphatic heterocycles. The maximum Gasteiger partial charge on any atom is 0.337 e. The Bertz CT molecular complexity index is 1030. The number of aliphatic hydroxyl groups excluding tert-OH is 1. The number of esters is 1. The van der Waals surface area contributed by atoms with Crippen molar-refractivity contribution in [3.05, 3.63) is 53.0 Å². The molecule has 2 heterocycles. The topological polar surface area (TPSA) is 125 Å². The van der Waals surface area contributed by atoms with E-state index in [0.717, 1.165) is 0 Å². The zero-order chi connectivity index (χ0) is 21.0. The zero-order valence-electron chi connectivity index (χ0n) is 15.4. The smallest absolute Gasteiger partial charge is 0.337 e. The standard InChI is InChI=1S/C18H19N3O6S2/c1-27-18(24)14-11-21(8-9-22)17(23)16(14)19-12-4-6-13(7-5-12)29(25,26)20-15-3-2-10-28-15/h2-7,10,19-20,22H,8-9,11H2,1H3. The monoisotopic (exact) mass is 437 g/mol. The summed E-state index contributed by atoms with van der Waals surface area (Å²) < 4.78 is 32.1. The van der Waals surface area contributed by atoms with E-state index in [1.807, 2.05) is 0 Å². The van der Waals surface area contributed by atoms with Crippen LogP contribution in [0.25, 0.3) is 0 Å². The van der Waals surface area contributed by atoms with Crippen molar-refractivity contribution in [1.29, 1.82) is 0 Å². The molecule has 1 aliphatic rings. The predicted octanol–water partition coefficient (Wildman–Crippen LogP) is 1.22. The number of amides is 1. The lowest BCUT2D eigenvalue weighted by molar-refractivity contribution is -0.136. The lowest BCUT2D eigenvalue weighted by Crippen LogP contribution is -2.31. The Morgan fingerprint density at radius 2 is 2.00 bits per heavy atom. The number of nitrogens with zero attached hydrogens (tertiary/aromatic N) is 1. The number of rotatable bonds is 8. The van der Waals surface area contributed by atoms with Crippen LogP contribution in [0.15, 0.2) is 57.9 Å². The van der Waals surface area contributed by atoms with Crippen LogP contribution in [0.5, 0.6) is 0 Å². The zero-order valence-corrected chi connectivity index (χ0v) is 17.0. The first kappa shape index (κ1) is 20.8. The molecule has 0 bridgehead atoms. The van der Waals surface area contributed by atoms with Crippen molar-refractivity contribution in [2.45, 2.75) is 4.90 Å². The number of sulfonamides is 1. The first-order valence-electron chi connectivity index (χ1n) is 8.50. The highest BCUT2D eigenvalue weighted by Crippen LogP contribution is 2.25. The summed E-state index contributed by atoms with van der Waals surface area (Å²) in [7, 11) is -2.52. The molecule has 0 radical (unpaired) electrons. The van der Waals surface area contributed by atoms with Crippen LogP contribution in [0.2, 0.25) is 0 Å². The van der Waals surface area contributed by atoms with Gasteiger partial charge in [-0.3, -0.25) is 9.52 Å². The summed E-state index contributed by atoms with van der Waals surface area (Å²) in [6.45, 7) is -0.140. The molecule has 0 fully saturated rings. The number of carbonyl (C=O) groups excluding carboxylic acids is 2. The summed E-state index contributed by atoms with van der Waals surface area (Å²) >= 11 is 1.27. The highest BCUT2D eigenvalue weighted by Gasteiger charge is 2.34. The molecule has 1 aromatic carbocycles. The summed E-state index contributed by atoms with van der Waals surface area (Å²) in [6, 6.07) is 9.16. The Balaban J connectivity index is 1.80. The Labute approximate surface area is 171 Å². The fourth-order valence-corrected chi connectivity index (χ4v) is 4.67. The van der Waals surface area contributed by atoms with Crippen molar-refractivity contribution in [2.75, 3.05) is 36.8 Å². The van der Waals surface area contributed by atoms with Gasteiger partial charge in [0.25, 0.3) is 15.9 Å². The number of β-amino-alcohol motifs (C(OH)–C–C–N with tert-alkyl or cyclic N) is 1. The second-order valence-corrected chi connectivity index (χ2v) is 8.66. The molecule has 0 saturated carbocycles. The van der Waals surface area contributed by atoms with Crippen molar-refractivity contribution in [1.82, 2.24) is 4.90 Å². The van der Waals surface area contributed by atoms with Crippen LogP contribution >= 0.6 is 11.3 Å². The van der Waals surface area contributed by atoms with E-state index in [0.29, 0.717) is 10.7 Å². The first-order valence-corrected chi connectivity index (χ1v) is 10.9. The second-order valence-electron chi connectivity index (χ2n) is 6.03. The maximum absolute atomic E-state index is 12.5. The largest absolute Gasteiger partial charge is 0.466 e. The number of thiophene rings is 1. The first-order chi connectivity index (χ1) is 13.9. The third-order valence-corrected chi connectivity index (χ3v) is 6.44. The van der Waals surface area contributed by atoms with Gasteiger partial charge in [-0.05, 0) is 41.8 Å². The van der Waals surface area contributed by atoms with Crippen molar-refractivity contribution in [3.63, 3.8) is 0 Å². The molecule has 9 nitrogen and oxygen atoms in total. The number of hydrogen-bond donors (Lipinski definition) is 3. The van der Waals surface area contributed by atoms with Gasteiger partial charge in [0.05, 0.1) is 30.7 Å². The number of methoxy groups -OCH3 is 1. The van der Waals surface area contributed by atoms with Crippen LogP contribution in [0.4, 0.5) is 10.7 Å². The van der Waals surface area contributed by atoms with Crippen LogP contribution in [-0.2, 0) is 24.3 Å². The average molecular weight is 437 g/mol. The molecule has 0 saturated heterocycles. The number of ether oxygens (including phenoxy) is 1. The molecule has 11 heteroatoms. The summed E-state index contributed by atoms with van der Waals surface area (Å²) in [4.78, 5) is 25.9. The molecule has 0 unspecified atom stereocenters. The lowest BCUT2D eigenvalue weighted by Gasteiger charge is -2.15. The number of benzene rings is 1. The van der Waals surface area contributed by atoms with E-state index in [2.05, 4.69) is 10.0 Å². The van der Waals surface area contributed by atoms with E-state index >= 15 is 0 Å². The molecule has 154 valence electrons. The number of carbonyl (C=O) groups is 2. The number of nitrogens with one attached hydrogen (secondary N) is 2. The highest BCUT2D eigenvalue weighted by molar-refractivity contribution is 7.93. The van der Waals surface area contributed by atoms with Gasteiger partial charge in [0.1, 0.15) is 10.7 Å². The Hall–Kier alpha value is -2.89. The summed E-state index contributed by atoms with van der Waals surface area (Å²) in [6.07, 6.45) is 0. The van der Waals surface area contributed by atoms with E-state index in [1.54, 1.807) is 17.5 Å². The van der Waals surface area contributed by atoms with Gasteiger partial charge < -0.3 is 20.1 Å². The quantitative estimate of drug-likeness (QED) is 0.530. The number of hydrogen-bond acceptors (Lipinski definition) is 8. The van der Waals surface area contributed by atoms with Crippen molar-refractivity contribution in [3.8, 4) is 0 Å². The molecule has 0 aliphatic carbocycles. The van der Waals surface area contributed by atoms with E-state index in [4.69, 9.17) is 9.84 Å². The lowest BCUT2D eigenvalue weighted by atomic mass is 10.2. The summed E-state index contributed by atoms with van der Waals surface area (Å²) in [5.41, 5.74) is 0.607. The SMILES string of the molecule is COC(=O)C1=C(Nc2ccc(S(=O)(=O)Nc3cccs3)cc2)C(=O)N(CCO)C1. The van der Waals surface area contributed by atoms with Crippen LogP contribution in [0.3, 0.4) is 0 Å². The van der Waals surface area contributed by atoms with Gasteiger partial charge >= 0.3 is 5.97 Å². The molecule has 2 aromatic rings. The predicted molar refractivity (Wildman–Crippen MR) is 108 cm³/mol. The van der Waals surface area contributed by atoms with Gasteiger partial charge in [0, 0.05) is 12.2 Å². The molecule has 1 amide bonds. The summed E-state index contributed by atoms with van der Waals surface area (Å²) in [5, 5.41) is 14.2. The third-order valence-electron chi connectivity index (χ3n) is 4.14. The van der Waals surface area contributed by atoms with Crippen molar-refractivity contribution < 1.29 is 27.9 Å². The van der Waals surface area contributed by atoms with Crippen LogP contribution in [-0.4, -0.2) is 57.1 Å². The molecular formula is C18H19N3O6S2. The molecule has 3 rings (SSSR count). The Morgan fingerprint density at radius 1 is 1.28 bits per heavy atom. The minimum absolute atomic E-state index is 0.0194. The normalized spacial score (nSPS) is 14.3.